The van der Waals surface area contributed by atoms with Gasteiger partial charge in [0.1, 0.15) is 5.75 Å². The highest BCUT2D eigenvalue weighted by atomic mass is 35.5. The number of halogens is 1. The van der Waals surface area contributed by atoms with Crippen LogP contribution >= 0.6 is 11.6 Å². The Morgan fingerprint density at radius 3 is 2.57 bits per heavy atom. The molecule has 3 N–H and O–H groups in total. The Bertz CT molecular complexity index is 666. The van der Waals surface area contributed by atoms with E-state index in [-0.39, 0.29) is 5.91 Å². The number of hydrogen-bond acceptors (Lipinski definition) is 3. The normalized spacial score (nSPS) is 10.6. The van der Waals surface area contributed by atoms with E-state index >= 15 is 0 Å². The van der Waals surface area contributed by atoms with Gasteiger partial charge < -0.3 is 15.8 Å². The first kappa shape index (κ1) is 14.9. The quantitative estimate of drug-likeness (QED) is 0.670. The van der Waals surface area contributed by atoms with Gasteiger partial charge in [-0.25, -0.2) is 0 Å². The third kappa shape index (κ3) is 4.26. The summed E-state index contributed by atoms with van der Waals surface area (Å²) in [6, 6.07) is 12.3. The molecule has 0 spiro atoms. The van der Waals surface area contributed by atoms with E-state index in [2.05, 4.69) is 5.32 Å². The molecule has 0 saturated carbocycles. The predicted molar refractivity (Wildman–Crippen MR) is 86.5 cm³/mol. The van der Waals surface area contributed by atoms with Crippen LogP contribution in [0.2, 0.25) is 5.02 Å². The topological polar surface area (TPSA) is 64.3 Å². The Labute approximate surface area is 128 Å². The fourth-order valence-electron chi connectivity index (χ4n) is 1.69. The van der Waals surface area contributed by atoms with Crippen LogP contribution in [-0.4, -0.2) is 13.0 Å². The molecule has 0 atom stereocenters. The number of nitrogens with two attached hydrogens (primary N) is 1. The Morgan fingerprint density at radius 2 is 1.95 bits per heavy atom. The van der Waals surface area contributed by atoms with Crippen molar-refractivity contribution in [3.63, 3.8) is 0 Å². The maximum absolute atomic E-state index is 11.8. The molecule has 0 aliphatic rings. The second kappa shape index (κ2) is 6.81. The first-order valence-electron chi connectivity index (χ1n) is 6.26. The smallest absolute Gasteiger partial charge is 0.248 e. The van der Waals surface area contributed by atoms with Gasteiger partial charge in [0.25, 0.3) is 0 Å². The lowest BCUT2D eigenvalue weighted by Gasteiger charge is -2.05. The summed E-state index contributed by atoms with van der Waals surface area (Å²) in [5.74, 6) is 0.503. The Kier molecular flexibility index (Phi) is 4.85. The van der Waals surface area contributed by atoms with E-state index in [9.17, 15) is 4.79 Å². The number of anilines is 2. The summed E-state index contributed by atoms with van der Waals surface area (Å²) in [7, 11) is 1.61. The molecule has 5 heteroatoms. The van der Waals surface area contributed by atoms with Crippen molar-refractivity contribution in [2.24, 2.45) is 0 Å². The molecule has 21 heavy (non-hydrogen) atoms. The number of methoxy groups -OCH3 is 1. The van der Waals surface area contributed by atoms with Gasteiger partial charge in [-0.15, -0.1) is 0 Å². The van der Waals surface area contributed by atoms with Crippen molar-refractivity contribution in [3.05, 3.63) is 59.1 Å². The van der Waals surface area contributed by atoms with Gasteiger partial charge in [-0.05, 0) is 42.0 Å². The first-order chi connectivity index (χ1) is 10.1. The molecule has 0 bridgehead atoms. The molecule has 2 rings (SSSR count). The average Bonchev–Trinajstić information content (AvgIpc) is 2.48. The molecular formula is C16H15ClN2O2. The number of benzene rings is 2. The highest BCUT2D eigenvalue weighted by Gasteiger charge is 2.03. The van der Waals surface area contributed by atoms with E-state index in [0.29, 0.717) is 16.4 Å². The van der Waals surface area contributed by atoms with Crippen molar-refractivity contribution in [2.45, 2.75) is 0 Å². The molecule has 2 aromatic rings. The van der Waals surface area contributed by atoms with E-state index in [1.54, 1.807) is 31.4 Å². The third-order valence-corrected chi connectivity index (χ3v) is 3.11. The summed E-state index contributed by atoms with van der Waals surface area (Å²) in [4.78, 5) is 11.8. The summed E-state index contributed by atoms with van der Waals surface area (Å²) in [5.41, 5.74) is 7.56. The summed E-state index contributed by atoms with van der Waals surface area (Å²) in [6.07, 6.45) is 3.15. The predicted octanol–water partition coefficient (Wildman–Crippen LogP) is 3.58. The van der Waals surface area contributed by atoms with Crippen molar-refractivity contribution in [1.82, 2.24) is 0 Å². The summed E-state index contributed by atoms with van der Waals surface area (Å²) < 4.78 is 5.07. The molecule has 0 heterocycles. The van der Waals surface area contributed by atoms with Crippen molar-refractivity contribution in [3.8, 4) is 5.75 Å². The molecule has 0 aromatic heterocycles. The van der Waals surface area contributed by atoms with Crippen molar-refractivity contribution in [1.29, 1.82) is 0 Å². The van der Waals surface area contributed by atoms with E-state index in [4.69, 9.17) is 22.1 Å². The lowest BCUT2D eigenvalue weighted by atomic mass is 10.2. The molecule has 0 unspecified atom stereocenters. The van der Waals surface area contributed by atoms with Gasteiger partial charge in [-0.3, -0.25) is 4.79 Å². The molecule has 108 valence electrons. The molecule has 4 nitrogen and oxygen atoms in total. The lowest BCUT2D eigenvalue weighted by molar-refractivity contribution is -0.111. The fourth-order valence-corrected chi connectivity index (χ4v) is 1.93. The number of ether oxygens (including phenoxy) is 1. The Hall–Kier alpha value is -2.46. The molecule has 0 aliphatic heterocycles. The van der Waals surface area contributed by atoms with Gasteiger partial charge >= 0.3 is 0 Å². The van der Waals surface area contributed by atoms with Crippen molar-refractivity contribution in [2.75, 3.05) is 18.2 Å². The summed E-state index contributed by atoms with van der Waals surface area (Å²) >= 11 is 5.99. The minimum atomic E-state index is -0.266. The van der Waals surface area contributed by atoms with Gasteiger partial charge in [-0.1, -0.05) is 23.7 Å². The van der Waals surface area contributed by atoms with Crippen LogP contribution < -0.4 is 15.8 Å². The molecule has 2 aromatic carbocycles. The van der Waals surface area contributed by atoms with Crippen LogP contribution in [0.5, 0.6) is 5.75 Å². The first-order valence-corrected chi connectivity index (χ1v) is 6.64. The number of nitrogen functional groups attached to an aromatic ring is 1. The summed E-state index contributed by atoms with van der Waals surface area (Å²) in [6.45, 7) is 0. The number of hydrogen-bond donors (Lipinski definition) is 2. The van der Waals surface area contributed by atoms with Gasteiger partial charge in [0.2, 0.25) is 5.91 Å². The van der Waals surface area contributed by atoms with Crippen LogP contribution in [0.4, 0.5) is 11.4 Å². The minimum Gasteiger partial charge on any atom is -0.497 e. The summed E-state index contributed by atoms with van der Waals surface area (Å²) in [5, 5.41) is 3.10. The zero-order chi connectivity index (χ0) is 15.2. The van der Waals surface area contributed by atoms with Crippen molar-refractivity contribution < 1.29 is 9.53 Å². The van der Waals surface area contributed by atoms with E-state index in [0.717, 1.165) is 11.3 Å². The van der Waals surface area contributed by atoms with E-state index in [1.807, 2.05) is 24.3 Å². The molecule has 0 radical (unpaired) electrons. The SMILES string of the molecule is COc1ccc(/C=C/C(=O)Nc2ccc(N)cc2Cl)cc1. The largest absolute Gasteiger partial charge is 0.497 e. The molecule has 0 saturated heterocycles. The zero-order valence-electron chi connectivity index (χ0n) is 11.5. The molecule has 1 amide bonds. The Morgan fingerprint density at radius 1 is 1.24 bits per heavy atom. The average molecular weight is 303 g/mol. The lowest BCUT2D eigenvalue weighted by Crippen LogP contribution is -2.08. The van der Waals surface area contributed by atoms with Gasteiger partial charge in [0.15, 0.2) is 0 Å². The minimum absolute atomic E-state index is 0.266. The third-order valence-electron chi connectivity index (χ3n) is 2.79. The maximum Gasteiger partial charge on any atom is 0.248 e. The van der Waals surface area contributed by atoms with E-state index < -0.39 is 0 Å². The van der Waals surface area contributed by atoms with Crippen LogP contribution in [0.15, 0.2) is 48.5 Å². The second-order valence-corrected chi connectivity index (χ2v) is 4.74. The number of carbonyl (C=O) groups excluding carboxylic acids is 1. The number of carbonyl (C=O) groups is 1. The van der Waals surface area contributed by atoms with Crippen molar-refractivity contribution >= 4 is 35.0 Å². The van der Waals surface area contributed by atoms with Crippen LogP contribution in [0.25, 0.3) is 6.08 Å². The fraction of sp³-hybridized carbons (Fsp3) is 0.0625. The monoisotopic (exact) mass is 302 g/mol. The van der Waals surface area contributed by atoms with Gasteiger partial charge in [0, 0.05) is 11.8 Å². The second-order valence-electron chi connectivity index (χ2n) is 4.34. The zero-order valence-corrected chi connectivity index (χ0v) is 12.2. The highest BCUT2D eigenvalue weighted by Crippen LogP contribution is 2.24. The highest BCUT2D eigenvalue weighted by molar-refractivity contribution is 6.34. The molecule has 0 fully saturated rings. The number of nitrogens with one attached hydrogen (secondary N) is 1. The van der Waals surface area contributed by atoms with E-state index in [1.165, 1.54) is 6.08 Å². The maximum atomic E-state index is 11.8. The Balaban J connectivity index is 2.01. The number of amides is 1. The van der Waals surface area contributed by atoms with Crippen LogP contribution in [0.1, 0.15) is 5.56 Å². The standard InChI is InChI=1S/C16H15ClN2O2/c1-21-13-6-2-11(3-7-13)4-9-16(20)19-15-8-5-12(18)10-14(15)17/h2-10H,18H2,1H3,(H,19,20)/b9-4+. The van der Waals surface area contributed by atoms with Crippen LogP contribution in [0, 0.1) is 0 Å². The molecular weight excluding hydrogens is 288 g/mol. The van der Waals surface area contributed by atoms with Crippen LogP contribution in [-0.2, 0) is 4.79 Å². The van der Waals surface area contributed by atoms with Gasteiger partial charge in [-0.2, -0.15) is 0 Å². The van der Waals surface area contributed by atoms with Gasteiger partial charge in [0.05, 0.1) is 17.8 Å². The van der Waals surface area contributed by atoms with Crippen LogP contribution in [0.3, 0.4) is 0 Å². The molecule has 0 aliphatic carbocycles. The number of rotatable bonds is 4.